The molecule has 0 aromatic heterocycles. The molecule has 1 saturated heterocycles. The van der Waals surface area contributed by atoms with Gasteiger partial charge in [0.25, 0.3) is 0 Å². The van der Waals surface area contributed by atoms with Crippen molar-refractivity contribution in [2.75, 3.05) is 19.4 Å². The van der Waals surface area contributed by atoms with Crippen LogP contribution in [0.25, 0.3) is 0 Å². The predicted octanol–water partition coefficient (Wildman–Crippen LogP) is 2.23. The lowest BCUT2D eigenvalue weighted by Crippen LogP contribution is -2.43. The summed E-state index contributed by atoms with van der Waals surface area (Å²) in [5.74, 6) is -0.338. The third-order valence-corrected chi connectivity index (χ3v) is 3.70. The van der Waals surface area contributed by atoms with Crippen molar-refractivity contribution < 1.29 is 13.7 Å². The van der Waals surface area contributed by atoms with Gasteiger partial charge in [-0.25, -0.2) is 0 Å². The fraction of sp³-hybridized carbons (Fsp3) is 0.917. The number of nitriles is 1. The first-order valence-electron chi connectivity index (χ1n) is 6.18. The van der Waals surface area contributed by atoms with Gasteiger partial charge in [0.05, 0.1) is 12.0 Å². The maximum atomic E-state index is 11.1. The van der Waals surface area contributed by atoms with Crippen molar-refractivity contribution in [3.05, 3.63) is 0 Å². The molecule has 0 aromatic rings. The van der Waals surface area contributed by atoms with Crippen LogP contribution in [0, 0.1) is 17.2 Å². The third-order valence-electron chi connectivity index (χ3n) is 3.21. The third kappa shape index (κ3) is 4.56. The van der Waals surface area contributed by atoms with E-state index < -0.39 is 16.2 Å². The Morgan fingerprint density at radius 2 is 2.39 bits per heavy atom. The SMILES string of the molecule is CC(C#N)C(C)(CN=[S-](C)=O)OC1CCCCO1. The molecular formula is C12H21N2O3S-. The van der Waals surface area contributed by atoms with Gasteiger partial charge in [0.15, 0.2) is 6.29 Å². The van der Waals surface area contributed by atoms with Crippen molar-refractivity contribution in [3.8, 4) is 6.07 Å². The second-order valence-corrected chi connectivity index (χ2v) is 5.89. The predicted molar refractivity (Wildman–Crippen MR) is 69.1 cm³/mol. The number of ether oxygens (including phenoxy) is 2. The Balaban J connectivity index is 2.73. The largest absolute Gasteiger partial charge is 0.445 e. The molecule has 1 fully saturated rings. The molecule has 3 unspecified atom stereocenters. The van der Waals surface area contributed by atoms with Crippen LogP contribution in [-0.4, -0.2) is 31.3 Å². The maximum absolute atomic E-state index is 11.1. The van der Waals surface area contributed by atoms with E-state index in [1.165, 1.54) is 6.26 Å². The molecule has 1 heterocycles. The van der Waals surface area contributed by atoms with E-state index in [2.05, 4.69) is 10.4 Å². The molecule has 5 nitrogen and oxygen atoms in total. The first-order valence-corrected chi connectivity index (χ1v) is 7.69. The standard InChI is InChI=1S/C12H21N2O3S/c1-10(8-13)12(2,9-14-18(3)15)17-11-6-4-5-7-16-11/h10-11H,4-7,9H2,1-3H3/q-1. The molecule has 104 valence electrons. The molecule has 0 aromatic carbocycles. The van der Waals surface area contributed by atoms with Gasteiger partial charge in [-0.05, 0) is 33.1 Å². The molecule has 1 rings (SSSR count). The summed E-state index contributed by atoms with van der Waals surface area (Å²) in [7, 11) is -1.24. The topological polar surface area (TPSA) is 71.7 Å². The molecule has 1 aliphatic rings. The van der Waals surface area contributed by atoms with E-state index in [1.54, 1.807) is 6.92 Å². The van der Waals surface area contributed by atoms with Crippen LogP contribution < -0.4 is 0 Å². The molecule has 0 radical (unpaired) electrons. The molecule has 1 aliphatic heterocycles. The Morgan fingerprint density at radius 1 is 1.67 bits per heavy atom. The fourth-order valence-electron chi connectivity index (χ4n) is 1.74. The molecule has 6 heteroatoms. The van der Waals surface area contributed by atoms with Crippen LogP contribution in [0.1, 0.15) is 33.1 Å². The summed E-state index contributed by atoms with van der Waals surface area (Å²) in [5.41, 5.74) is -0.748. The number of nitrogens with zero attached hydrogens (tertiary/aromatic N) is 2. The molecule has 3 atom stereocenters. The van der Waals surface area contributed by atoms with Crippen molar-refractivity contribution >= 4 is 10.6 Å². The summed E-state index contributed by atoms with van der Waals surface area (Å²) in [6, 6.07) is 2.18. The van der Waals surface area contributed by atoms with Crippen LogP contribution in [0.4, 0.5) is 0 Å². The van der Waals surface area contributed by atoms with Crippen molar-refractivity contribution in [1.29, 1.82) is 5.26 Å². The quantitative estimate of drug-likeness (QED) is 0.720. The lowest BCUT2D eigenvalue weighted by molar-refractivity contribution is -0.225. The molecule has 0 bridgehead atoms. The number of hydrogen-bond acceptors (Lipinski definition) is 6. The normalized spacial score (nSPS) is 27.1. The first kappa shape index (κ1) is 15.4. The van der Waals surface area contributed by atoms with E-state index in [0.29, 0.717) is 6.61 Å². The van der Waals surface area contributed by atoms with Crippen molar-refractivity contribution in [2.24, 2.45) is 10.3 Å². The minimum Gasteiger partial charge on any atom is -0.445 e. The number of rotatable bonds is 5. The molecule has 0 saturated carbocycles. The Morgan fingerprint density at radius 3 is 2.89 bits per heavy atom. The van der Waals surface area contributed by atoms with Crippen LogP contribution in [0.3, 0.4) is 0 Å². The highest BCUT2D eigenvalue weighted by molar-refractivity contribution is 7.74. The Bertz CT molecular complexity index is 381. The van der Waals surface area contributed by atoms with Crippen molar-refractivity contribution in [1.82, 2.24) is 0 Å². The van der Waals surface area contributed by atoms with Crippen molar-refractivity contribution in [2.45, 2.75) is 45.0 Å². The summed E-state index contributed by atoms with van der Waals surface area (Å²) in [5, 5.41) is 9.08. The van der Waals surface area contributed by atoms with Gasteiger partial charge in [0.2, 0.25) is 0 Å². The summed E-state index contributed by atoms with van der Waals surface area (Å²) in [6.07, 6.45) is 4.18. The van der Waals surface area contributed by atoms with E-state index in [4.69, 9.17) is 14.7 Å². The van der Waals surface area contributed by atoms with E-state index in [1.807, 2.05) is 6.92 Å². The summed E-state index contributed by atoms with van der Waals surface area (Å²) < 4.78 is 26.5. The van der Waals surface area contributed by atoms with E-state index in [9.17, 15) is 4.21 Å². The van der Waals surface area contributed by atoms with Gasteiger partial charge < -0.3 is 18.0 Å². The van der Waals surface area contributed by atoms with Gasteiger partial charge in [0, 0.05) is 13.2 Å². The monoisotopic (exact) mass is 273 g/mol. The molecule has 0 aliphatic carbocycles. The zero-order chi connectivity index (χ0) is 13.6. The van der Waals surface area contributed by atoms with Gasteiger partial charge >= 0.3 is 0 Å². The Hall–Kier alpha value is -0.640. The fourth-order valence-corrected chi connectivity index (χ4v) is 2.17. The lowest BCUT2D eigenvalue weighted by atomic mass is 9.91. The highest BCUT2D eigenvalue weighted by Gasteiger charge is 2.35. The van der Waals surface area contributed by atoms with Gasteiger partial charge in [-0.3, -0.25) is 0 Å². The maximum Gasteiger partial charge on any atom is 0.158 e. The van der Waals surface area contributed by atoms with Crippen LogP contribution in [-0.2, 0) is 24.3 Å². The molecule has 0 amide bonds. The van der Waals surface area contributed by atoms with E-state index >= 15 is 0 Å². The summed E-state index contributed by atoms with van der Waals surface area (Å²) in [4.78, 5) is 0. The van der Waals surface area contributed by atoms with Gasteiger partial charge in [-0.1, -0.05) is 0 Å². The van der Waals surface area contributed by atoms with Gasteiger partial charge in [0.1, 0.15) is 5.60 Å². The van der Waals surface area contributed by atoms with E-state index in [-0.39, 0.29) is 18.8 Å². The lowest BCUT2D eigenvalue weighted by Gasteiger charge is -2.36. The molecule has 18 heavy (non-hydrogen) atoms. The average molecular weight is 273 g/mol. The molecular weight excluding hydrogens is 252 g/mol. The smallest absolute Gasteiger partial charge is 0.158 e. The highest BCUT2D eigenvalue weighted by atomic mass is 32.2. The Labute approximate surface area is 111 Å². The summed E-state index contributed by atoms with van der Waals surface area (Å²) >= 11 is 0. The van der Waals surface area contributed by atoms with Crippen LogP contribution in [0.2, 0.25) is 0 Å². The summed E-state index contributed by atoms with van der Waals surface area (Å²) in [6.45, 7) is 4.55. The van der Waals surface area contributed by atoms with Crippen LogP contribution in [0.5, 0.6) is 0 Å². The van der Waals surface area contributed by atoms with Crippen LogP contribution >= 0.6 is 0 Å². The zero-order valence-corrected chi connectivity index (χ0v) is 12.0. The van der Waals surface area contributed by atoms with Crippen molar-refractivity contribution in [3.63, 3.8) is 0 Å². The zero-order valence-electron chi connectivity index (χ0n) is 11.2. The molecule has 0 spiro atoms. The van der Waals surface area contributed by atoms with Gasteiger partial charge in [-0.2, -0.15) is 15.9 Å². The number of hydrogen-bond donors (Lipinski definition) is 0. The van der Waals surface area contributed by atoms with E-state index in [0.717, 1.165) is 19.3 Å². The average Bonchev–Trinajstić information content (AvgIpc) is 2.36. The van der Waals surface area contributed by atoms with Crippen LogP contribution in [0.15, 0.2) is 4.36 Å². The minimum atomic E-state index is -1.24. The second kappa shape index (κ2) is 7.07. The first-order chi connectivity index (χ1) is 8.48. The Kier molecular flexibility index (Phi) is 6.06. The van der Waals surface area contributed by atoms with Gasteiger partial charge in [-0.15, -0.1) is 6.26 Å². The highest BCUT2D eigenvalue weighted by Crippen LogP contribution is 2.27. The molecule has 0 N–H and O–H groups in total. The second-order valence-electron chi connectivity index (χ2n) is 4.79. The minimum absolute atomic E-state index is 0.241.